The van der Waals surface area contributed by atoms with E-state index in [1.807, 2.05) is 0 Å². The highest BCUT2D eigenvalue weighted by Crippen LogP contribution is 2.06. The molecule has 4 nitrogen and oxygen atoms in total. The number of aryl methyl sites for hydroxylation is 1. The van der Waals surface area contributed by atoms with Gasteiger partial charge in [0.15, 0.2) is 0 Å². The van der Waals surface area contributed by atoms with Gasteiger partial charge in [-0.2, -0.15) is 0 Å². The molecule has 1 aliphatic rings. The number of aromatic nitrogens is 1. The van der Waals surface area contributed by atoms with E-state index in [4.69, 9.17) is 0 Å². The van der Waals surface area contributed by atoms with E-state index in [-0.39, 0.29) is 11.9 Å². The van der Waals surface area contributed by atoms with Crippen molar-refractivity contribution in [2.45, 2.75) is 38.9 Å². The van der Waals surface area contributed by atoms with Gasteiger partial charge in [-0.15, -0.1) is 0 Å². The Morgan fingerprint density at radius 2 is 2.50 bits per heavy atom. The number of piperidine rings is 1. The zero-order valence-corrected chi connectivity index (χ0v) is 9.70. The second-order valence-corrected chi connectivity index (χ2v) is 4.22. The van der Waals surface area contributed by atoms with Gasteiger partial charge < -0.3 is 15.2 Å². The first kappa shape index (κ1) is 11.2. The van der Waals surface area contributed by atoms with Gasteiger partial charge in [0.25, 0.3) is 0 Å². The molecule has 0 spiro atoms. The van der Waals surface area contributed by atoms with E-state index in [1.165, 1.54) is 5.56 Å². The number of carbonyl (C=O) groups is 1. The van der Waals surface area contributed by atoms with E-state index in [0.29, 0.717) is 0 Å². The van der Waals surface area contributed by atoms with Crippen molar-refractivity contribution in [2.24, 2.45) is 0 Å². The van der Waals surface area contributed by atoms with Gasteiger partial charge in [-0.05, 0) is 31.4 Å². The van der Waals surface area contributed by atoms with Gasteiger partial charge in [-0.25, -0.2) is 0 Å². The summed E-state index contributed by atoms with van der Waals surface area (Å²) >= 11 is 0. The fraction of sp³-hybridized carbons (Fsp3) is 0.583. The predicted octanol–water partition coefficient (Wildman–Crippen LogP) is 0.876. The summed E-state index contributed by atoms with van der Waals surface area (Å²) in [5.74, 6) is 0.140. The molecule has 1 fully saturated rings. The number of amides is 1. The molecular formula is C12H19N3O. The Morgan fingerprint density at radius 3 is 3.19 bits per heavy atom. The third kappa shape index (κ3) is 2.64. The van der Waals surface area contributed by atoms with Crippen molar-refractivity contribution in [3.05, 3.63) is 24.0 Å². The maximum atomic E-state index is 11.5. The van der Waals surface area contributed by atoms with Crippen LogP contribution in [0.1, 0.15) is 25.3 Å². The Kier molecular flexibility index (Phi) is 3.62. The Bertz CT molecular complexity index is 359. The summed E-state index contributed by atoms with van der Waals surface area (Å²) < 4.78 is 2.14. The Hall–Kier alpha value is -1.29. The first-order valence-corrected chi connectivity index (χ1v) is 5.95. The average molecular weight is 221 g/mol. The van der Waals surface area contributed by atoms with E-state index in [9.17, 15) is 4.79 Å². The largest absolute Gasteiger partial charge is 0.355 e. The molecule has 1 atom stereocenters. The lowest BCUT2D eigenvalue weighted by molar-refractivity contribution is -0.124. The molecule has 4 heteroatoms. The van der Waals surface area contributed by atoms with Crippen molar-refractivity contribution in [3.63, 3.8) is 0 Å². The quantitative estimate of drug-likeness (QED) is 0.792. The Labute approximate surface area is 96.0 Å². The van der Waals surface area contributed by atoms with Crippen LogP contribution in [0.15, 0.2) is 18.5 Å². The summed E-state index contributed by atoms with van der Waals surface area (Å²) in [4.78, 5) is 11.5. The van der Waals surface area contributed by atoms with Crippen molar-refractivity contribution in [1.29, 1.82) is 0 Å². The van der Waals surface area contributed by atoms with Crippen LogP contribution in [0.3, 0.4) is 0 Å². The maximum absolute atomic E-state index is 11.5. The van der Waals surface area contributed by atoms with Crippen LogP contribution >= 0.6 is 0 Å². The monoisotopic (exact) mass is 221 g/mol. The molecule has 0 radical (unpaired) electrons. The van der Waals surface area contributed by atoms with Crippen LogP contribution in [0.2, 0.25) is 0 Å². The second kappa shape index (κ2) is 5.16. The topological polar surface area (TPSA) is 46.1 Å². The van der Waals surface area contributed by atoms with Crippen molar-refractivity contribution in [3.8, 4) is 0 Å². The van der Waals surface area contributed by atoms with Gasteiger partial charge in [0.05, 0.1) is 6.04 Å². The van der Waals surface area contributed by atoms with Crippen LogP contribution in [0, 0.1) is 0 Å². The minimum atomic E-state index is -0.0151. The third-order valence-electron chi connectivity index (χ3n) is 3.01. The molecule has 2 heterocycles. The van der Waals surface area contributed by atoms with E-state index < -0.39 is 0 Å². The van der Waals surface area contributed by atoms with E-state index in [2.05, 4.69) is 40.6 Å². The lowest BCUT2D eigenvalue weighted by atomic mass is 10.1. The molecule has 88 valence electrons. The van der Waals surface area contributed by atoms with Crippen LogP contribution in [-0.4, -0.2) is 23.1 Å². The molecule has 1 aromatic heterocycles. The van der Waals surface area contributed by atoms with Crippen LogP contribution in [0.5, 0.6) is 0 Å². The van der Waals surface area contributed by atoms with Crippen molar-refractivity contribution >= 4 is 5.91 Å². The Balaban J connectivity index is 1.84. The van der Waals surface area contributed by atoms with Gasteiger partial charge >= 0.3 is 0 Å². The summed E-state index contributed by atoms with van der Waals surface area (Å²) in [7, 11) is 0. The van der Waals surface area contributed by atoms with Crippen LogP contribution in [0.25, 0.3) is 0 Å². The molecule has 1 amide bonds. The van der Waals surface area contributed by atoms with Crippen molar-refractivity contribution in [2.75, 3.05) is 6.54 Å². The minimum absolute atomic E-state index is 0.0151. The first-order chi connectivity index (χ1) is 7.79. The SMILES string of the molecule is CCn1ccc(CNC2CCCNC2=O)c1. The molecule has 0 saturated carbocycles. The molecule has 2 rings (SSSR count). The van der Waals surface area contributed by atoms with Crippen molar-refractivity contribution in [1.82, 2.24) is 15.2 Å². The number of hydrogen-bond acceptors (Lipinski definition) is 2. The highest BCUT2D eigenvalue weighted by atomic mass is 16.2. The number of carbonyl (C=O) groups excluding carboxylic acids is 1. The zero-order valence-electron chi connectivity index (χ0n) is 9.70. The van der Waals surface area contributed by atoms with E-state index in [0.717, 1.165) is 32.5 Å². The highest BCUT2D eigenvalue weighted by molar-refractivity contribution is 5.82. The molecule has 1 unspecified atom stereocenters. The lowest BCUT2D eigenvalue weighted by Crippen LogP contribution is -2.47. The average Bonchev–Trinajstić information content (AvgIpc) is 2.76. The summed E-state index contributed by atoms with van der Waals surface area (Å²) in [6.45, 7) is 4.70. The van der Waals surface area contributed by atoms with Gasteiger partial charge in [0.2, 0.25) is 5.91 Å². The fourth-order valence-electron chi connectivity index (χ4n) is 2.00. The normalized spacial score (nSPS) is 20.8. The molecule has 0 aromatic carbocycles. The standard InChI is InChI=1S/C12H19N3O/c1-2-15-7-5-10(9-15)8-14-11-4-3-6-13-12(11)16/h5,7,9,11,14H,2-4,6,8H2,1H3,(H,13,16). The molecule has 2 N–H and O–H groups in total. The first-order valence-electron chi connectivity index (χ1n) is 5.95. The van der Waals surface area contributed by atoms with E-state index in [1.54, 1.807) is 0 Å². The lowest BCUT2D eigenvalue weighted by Gasteiger charge is -2.22. The molecule has 0 bridgehead atoms. The molecule has 1 aromatic rings. The van der Waals surface area contributed by atoms with Crippen LogP contribution in [-0.2, 0) is 17.9 Å². The molecule has 1 aliphatic heterocycles. The van der Waals surface area contributed by atoms with Gasteiger partial charge in [0.1, 0.15) is 0 Å². The molecule has 0 aliphatic carbocycles. The highest BCUT2D eigenvalue weighted by Gasteiger charge is 2.20. The number of rotatable bonds is 4. The second-order valence-electron chi connectivity index (χ2n) is 4.22. The van der Waals surface area contributed by atoms with Crippen LogP contribution < -0.4 is 10.6 Å². The Morgan fingerprint density at radius 1 is 1.62 bits per heavy atom. The van der Waals surface area contributed by atoms with E-state index >= 15 is 0 Å². The van der Waals surface area contributed by atoms with Gasteiger partial charge in [-0.3, -0.25) is 4.79 Å². The number of hydrogen-bond donors (Lipinski definition) is 2. The summed E-state index contributed by atoms with van der Waals surface area (Å²) in [6.07, 6.45) is 6.20. The summed E-state index contributed by atoms with van der Waals surface area (Å²) in [5, 5.41) is 6.18. The summed E-state index contributed by atoms with van der Waals surface area (Å²) in [5.41, 5.74) is 1.24. The van der Waals surface area contributed by atoms with Gasteiger partial charge in [-0.1, -0.05) is 0 Å². The number of nitrogens with zero attached hydrogens (tertiary/aromatic N) is 1. The maximum Gasteiger partial charge on any atom is 0.237 e. The number of nitrogens with one attached hydrogen (secondary N) is 2. The fourth-order valence-corrected chi connectivity index (χ4v) is 2.00. The smallest absolute Gasteiger partial charge is 0.237 e. The summed E-state index contributed by atoms with van der Waals surface area (Å²) in [6, 6.07) is 2.08. The molecule has 16 heavy (non-hydrogen) atoms. The molecular weight excluding hydrogens is 202 g/mol. The van der Waals surface area contributed by atoms with Gasteiger partial charge in [0, 0.05) is 32.0 Å². The zero-order chi connectivity index (χ0) is 11.4. The predicted molar refractivity (Wildman–Crippen MR) is 63.0 cm³/mol. The third-order valence-corrected chi connectivity index (χ3v) is 3.01. The van der Waals surface area contributed by atoms with Crippen molar-refractivity contribution < 1.29 is 4.79 Å². The van der Waals surface area contributed by atoms with Crippen LogP contribution in [0.4, 0.5) is 0 Å². The minimum Gasteiger partial charge on any atom is -0.355 e. The molecule has 1 saturated heterocycles.